The van der Waals surface area contributed by atoms with E-state index in [0.29, 0.717) is 15.4 Å². The second-order valence-corrected chi connectivity index (χ2v) is 9.90. The van der Waals surface area contributed by atoms with Crippen LogP contribution in [-0.4, -0.2) is 34.3 Å². The van der Waals surface area contributed by atoms with Crippen molar-refractivity contribution >= 4 is 52.8 Å². The van der Waals surface area contributed by atoms with Crippen LogP contribution in [0.2, 0.25) is 0 Å². The average Bonchev–Trinajstić information content (AvgIpc) is 3.24. The standard InChI is InChI=1S/C21H16N2O4S3/c1-27-13-9-10(7-8-12(13)24)14-15-17(29-18-16(14)30-21(28)22-18)20(26)23(19(15)25)11-5-3-2-4-6-11/h2-9,14-15,17,24H,1H3,(H,22,28). The molecule has 1 saturated heterocycles. The van der Waals surface area contributed by atoms with Gasteiger partial charge in [0.15, 0.2) is 15.5 Å². The van der Waals surface area contributed by atoms with E-state index in [9.17, 15) is 14.7 Å². The number of phenols is 1. The van der Waals surface area contributed by atoms with Gasteiger partial charge >= 0.3 is 0 Å². The molecular weight excluding hydrogens is 440 g/mol. The maximum Gasteiger partial charge on any atom is 0.248 e. The lowest BCUT2D eigenvalue weighted by atomic mass is 9.83. The second-order valence-electron chi connectivity index (χ2n) is 7.03. The first-order valence-corrected chi connectivity index (χ1v) is 11.3. The number of aromatic nitrogens is 1. The van der Waals surface area contributed by atoms with Crippen molar-refractivity contribution in [3.05, 3.63) is 62.9 Å². The normalized spacial score (nSPS) is 22.7. The number of hydrogen-bond donors (Lipinski definition) is 2. The van der Waals surface area contributed by atoms with Crippen LogP contribution < -0.4 is 9.64 Å². The number of fused-ring (bicyclic) bond motifs is 2. The van der Waals surface area contributed by atoms with Gasteiger partial charge in [0.25, 0.3) is 0 Å². The molecular formula is C21H16N2O4S3. The molecule has 0 radical (unpaired) electrons. The molecule has 0 bridgehead atoms. The van der Waals surface area contributed by atoms with Gasteiger partial charge in [-0.2, -0.15) is 0 Å². The van der Waals surface area contributed by atoms with Crippen LogP contribution in [0.1, 0.15) is 16.4 Å². The highest BCUT2D eigenvalue weighted by molar-refractivity contribution is 8.01. The molecule has 9 heteroatoms. The topological polar surface area (TPSA) is 82.6 Å². The van der Waals surface area contributed by atoms with Crippen LogP contribution in [-0.2, 0) is 9.59 Å². The Morgan fingerprint density at radius 2 is 1.90 bits per heavy atom. The van der Waals surface area contributed by atoms with E-state index in [0.717, 1.165) is 15.5 Å². The molecule has 3 atom stereocenters. The van der Waals surface area contributed by atoms with E-state index in [-0.39, 0.29) is 23.5 Å². The molecule has 6 nitrogen and oxygen atoms in total. The van der Waals surface area contributed by atoms with Crippen molar-refractivity contribution in [2.24, 2.45) is 5.92 Å². The van der Waals surface area contributed by atoms with Crippen molar-refractivity contribution in [3.63, 3.8) is 0 Å². The number of methoxy groups -OCH3 is 1. The summed E-state index contributed by atoms with van der Waals surface area (Å²) in [5.41, 5.74) is 1.36. The summed E-state index contributed by atoms with van der Waals surface area (Å²) in [6, 6.07) is 14.0. The highest BCUT2D eigenvalue weighted by Crippen LogP contribution is 2.54. The molecule has 2 aromatic carbocycles. The zero-order valence-corrected chi connectivity index (χ0v) is 18.1. The van der Waals surface area contributed by atoms with Crippen LogP contribution in [0, 0.1) is 9.87 Å². The van der Waals surface area contributed by atoms with E-state index in [1.54, 1.807) is 42.5 Å². The van der Waals surface area contributed by atoms with Gasteiger partial charge in [-0.05, 0) is 42.0 Å². The number of ether oxygens (including phenoxy) is 1. The molecule has 1 aromatic heterocycles. The van der Waals surface area contributed by atoms with Crippen molar-refractivity contribution in [2.75, 3.05) is 12.0 Å². The number of carbonyl (C=O) groups excluding carboxylic acids is 2. The fourth-order valence-electron chi connectivity index (χ4n) is 4.10. The lowest BCUT2D eigenvalue weighted by Gasteiger charge is -2.30. The minimum Gasteiger partial charge on any atom is -0.504 e. The Kier molecular flexibility index (Phi) is 4.68. The van der Waals surface area contributed by atoms with Gasteiger partial charge in [0.05, 0.1) is 23.7 Å². The van der Waals surface area contributed by atoms with E-state index < -0.39 is 11.2 Å². The molecule has 2 amide bonds. The fourth-order valence-corrected chi connectivity index (χ4v) is 7.06. The van der Waals surface area contributed by atoms with Gasteiger partial charge in [0, 0.05) is 10.8 Å². The summed E-state index contributed by atoms with van der Waals surface area (Å²) in [6.07, 6.45) is 0. The molecule has 30 heavy (non-hydrogen) atoms. The minimum absolute atomic E-state index is 0.0182. The number of aromatic hydroxyl groups is 1. The third-order valence-electron chi connectivity index (χ3n) is 5.40. The van der Waals surface area contributed by atoms with Gasteiger partial charge in [-0.25, -0.2) is 4.90 Å². The summed E-state index contributed by atoms with van der Waals surface area (Å²) in [6.45, 7) is 0. The molecule has 5 rings (SSSR count). The van der Waals surface area contributed by atoms with E-state index >= 15 is 0 Å². The zero-order valence-electron chi connectivity index (χ0n) is 15.7. The maximum absolute atomic E-state index is 13.6. The van der Waals surface area contributed by atoms with Crippen molar-refractivity contribution in [1.29, 1.82) is 0 Å². The predicted octanol–water partition coefficient (Wildman–Crippen LogP) is 4.32. The highest BCUT2D eigenvalue weighted by atomic mass is 32.2. The number of nitrogens with zero attached hydrogens (tertiary/aromatic N) is 1. The van der Waals surface area contributed by atoms with Crippen molar-refractivity contribution in [3.8, 4) is 11.5 Å². The first-order chi connectivity index (χ1) is 14.5. The minimum atomic E-state index is -0.578. The number of amides is 2. The number of hydrogen-bond acceptors (Lipinski definition) is 7. The summed E-state index contributed by atoms with van der Waals surface area (Å²) < 4.78 is 5.88. The smallest absolute Gasteiger partial charge is 0.248 e. The zero-order chi connectivity index (χ0) is 21.0. The van der Waals surface area contributed by atoms with Gasteiger partial charge in [-0.15, -0.1) is 11.3 Å². The highest BCUT2D eigenvalue weighted by Gasteiger charge is 2.56. The Balaban J connectivity index is 1.67. The van der Waals surface area contributed by atoms with Gasteiger partial charge in [0.1, 0.15) is 5.25 Å². The SMILES string of the molecule is COc1cc(C2c3sc(=S)[nH]c3SC3C(=O)N(c4ccccc4)C(=O)C32)ccc1O. The van der Waals surface area contributed by atoms with Gasteiger partial charge in [-0.3, -0.25) is 9.59 Å². The van der Waals surface area contributed by atoms with Crippen molar-refractivity contribution in [2.45, 2.75) is 16.2 Å². The monoisotopic (exact) mass is 456 g/mol. The molecule has 2 aliphatic rings. The number of thiazole rings is 1. The number of para-hydroxylation sites is 1. The number of phenolic OH excluding ortho intramolecular Hbond substituents is 1. The molecule has 3 heterocycles. The van der Waals surface area contributed by atoms with Crippen LogP contribution in [0.4, 0.5) is 5.69 Å². The lowest BCUT2D eigenvalue weighted by Crippen LogP contribution is -2.32. The second kappa shape index (κ2) is 7.26. The number of aromatic amines is 1. The number of thioether (sulfide) groups is 1. The number of imide groups is 1. The van der Waals surface area contributed by atoms with E-state index in [1.807, 2.05) is 6.07 Å². The average molecular weight is 457 g/mol. The fraction of sp³-hybridized carbons (Fsp3) is 0.190. The van der Waals surface area contributed by atoms with E-state index in [2.05, 4.69) is 4.98 Å². The van der Waals surface area contributed by atoms with Gasteiger partial charge in [-0.1, -0.05) is 36.0 Å². The summed E-state index contributed by atoms with van der Waals surface area (Å²) in [5.74, 6) is -1.07. The molecule has 1 fully saturated rings. The van der Waals surface area contributed by atoms with Crippen molar-refractivity contribution < 1.29 is 19.4 Å². The molecule has 0 saturated carbocycles. The predicted molar refractivity (Wildman–Crippen MR) is 118 cm³/mol. The molecule has 3 aromatic rings. The third kappa shape index (κ3) is 2.88. The number of rotatable bonds is 3. The van der Waals surface area contributed by atoms with Crippen LogP contribution >= 0.6 is 35.3 Å². The maximum atomic E-state index is 13.6. The first-order valence-electron chi connectivity index (χ1n) is 9.19. The summed E-state index contributed by atoms with van der Waals surface area (Å²) in [5, 5.41) is 10.3. The van der Waals surface area contributed by atoms with Gasteiger partial charge < -0.3 is 14.8 Å². The number of carbonyl (C=O) groups is 2. The van der Waals surface area contributed by atoms with Crippen LogP contribution in [0.5, 0.6) is 11.5 Å². The number of benzene rings is 2. The van der Waals surface area contributed by atoms with E-state index in [4.69, 9.17) is 17.0 Å². The van der Waals surface area contributed by atoms with Crippen LogP contribution in [0.3, 0.4) is 0 Å². The molecule has 0 spiro atoms. The molecule has 0 aliphatic carbocycles. The Morgan fingerprint density at radius 1 is 1.13 bits per heavy atom. The number of nitrogens with one attached hydrogen (secondary N) is 1. The Morgan fingerprint density at radius 3 is 2.63 bits per heavy atom. The largest absolute Gasteiger partial charge is 0.504 e. The van der Waals surface area contributed by atoms with E-state index in [1.165, 1.54) is 35.1 Å². The van der Waals surface area contributed by atoms with Gasteiger partial charge in [0.2, 0.25) is 11.8 Å². The Labute approximate surface area is 185 Å². The van der Waals surface area contributed by atoms with Crippen LogP contribution in [0.25, 0.3) is 0 Å². The molecule has 2 N–H and O–H groups in total. The summed E-state index contributed by atoms with van der Waals surface area (Å²) >= 11 is 8.13. The van der Waals surface area contributed by atoms with Crippen LogP contribution in [0.15, 0.2) is 53.6 Å². The summed E-state index contributed by atoms with van der Waals surface area (Å²) in [7, 11) is 1.48. The summed E-state index contributed by atoms with van der Waals surface area (Å²) in [4.78, 5) is 32.2. The first kappa shape index (κ1) is 19.3. The molecule has 3 unspecified atom stereocenters. The van der Waals surface area contributed by atoms with Crippen molar-refractivity contribution in [1.82, 2.24) is 4.98 Å². The molecule has 152 valence electrons. The number of anilines is 1. The third-order valence-corrected chi connectivity index (χ3v) is 8.15. The quantitative estimate of drug-likeness (QED) is 0.451. The Hall–Kier alpha value is -2.62. The number of H-pyrrole nitrogens is 1. The lowest BCUT2D eigenvalue weighted by molar-refractivity contribution is -0.122. The molecule has 2 aliphatic heterocycles. The Bertz CT molecular complexity index is 1220.